The minimum Gasteiger partial charge on any atom is -0.324 e. The number of nitrogens with one attached hydrogen (secondary N) is 1. The highest BCUT2D eigenvalue weighted by Crippen LogP contribution is 2.44. The number of fused-ring (bicyclic) bond motifs is 2. The molecule has 1 N–H and O–H groups in total. The van der Waals surface area contributed by atoms with Crippen LogP contribution in [0, 0.1) is 0 Å². The lowest BCUT2D eigenvalue weighted by molar-refractivity contribution is -0.122. The Morgan fingerprint density at radius 1 is 1.47 bits per heavy atom. The van der Waals surface area contributed by atoms with Crippen molar-refractivity contribution in [2.75, 3.05) is 25.0 Å². The molecule has 0 aromatic carbocycles. The van der Waals surface area contributed by atoms with Crippen molar-refractivity contribution in [1.29, 1.82) is 0 Å². The first kappa shape index (κ1) is 10.7. The van der Waals surface area contributed by atoms with Gasteiger partial charge in [-0.25, -0.2) is 0 Å². The fourth-order valence-electron chi connectivity index (χ4n) is 3.02. The molecule has 1 aromatic heterocycles. The molecule has 17 heavy (non-hydrogen) atoms. The number of hydrogen-bond donors (Lipinski definition) is 1. The summed E-state index contributed by atoms with van der Waals surface area (Å²) in [4.78, 5) is 18.7. The van der Waals surface area contributed by atoms with Crippen LogP contribution in [0.2, 0.25) is 0 Å². The van der Waals surface area contributed by atoms with Gasteiger partial charge in [0.2, 0.25) is 5.91 Å². The molecule has 90 valence electrons. The number of pyridine rings is 1. The first-order chi connectivity index (χ1) is 8.26. The highest BCUT2D eigenvalue weighted by Gasteiger charge is 2.48. The minimum absolute atomic E-state index is 0.163. The van der Waals surface area contributed by atoms with E-state index in [0.717, 1.165) is 43.7 Å². The van der Waals surface area contributed by atoms with Crippen LogP contribution in [0.25, 0.3) is 0 Å². The van der Waals surface area contributed by atoms with E-state index >= 15 is 0 Å². The summed E-state index contributed by atoms with van der Waals surface area (Å²) in [5.74, 6) is 0.163. The normalized spacial score (nSPS) is 22.5. The molecule has 2 aliphatic rings. The van der Waals surface area contributed by atoms with Crippen LogP contribution < -0.4 is 5.32 Å². The molecule has 1 aromatic rings. The number of nitrogens with zero attached hydrogens (tertiary/aromatic N) is 2. The maximum atomic E-state index is 12.2. The van der Waals surface area contributed by atoms with Crippen molar-refractivity contribution in [3.63, 3.8) is 0 Å². The van der Waals surface area contributed by atoms with Crippen LogP contribution in [-0.2, 0) is 10.2 Å². The molecular formula is C13H17N3O. The van der Waals surface area contributed by atoms with Gasteiger partial charge in [-0.05, 0) is 44.1 Å². The van der Waals surface area contributed by atoms with Gasteiger partial charge in [0.1, 0.15) is 0 Å². The zero-order valence-electron chi connectivity index (χ0n) is 10.1. The highest BCUT2D eigenvalue weighted by atomic mass is 16.2. The van der Waals surface area contributed by atoms with Crippen molar-refractivity contribution < 1.29 is 4.79 Å². The van der Waals surface area contributed by atoms with E-state index in [4.69, 9.17) is 0 Å². The third-order valence-corrected chi connectivity index (χ3v) is 4.18. The Morgan fingerprint density at radius 2 is 2.24 bits per heavy atom. The largest absolute Gasteiger partial charge is 0.324 e. The Hall–Kier alpha value is -1.42. The van der Waals surface area contributed by atoms with E-state index in [2.05, 4.69) is 22.1 Å². The SMILES string of the molecule is CCN1CCC2(CC1)C(=O)Nc1cnccc12. The molecule has 2 aliphatic heterocycles. The van der Waals surface area contributed by atoms with E-state index < -0.39 is 0 Å². The molecule has 1 fully saturated rings. The lowest BCUT2D eigenvalue weighted by Crippen LogP contribution is -2.46. The number of rotatable bonds is 1. The molecule has 1 amide bonds. The van der Waals surface area contributed by atoms with E-state index in [9.17, 15) is 4.79 Å². The average molecular weight is 231 g/mol. The summed E-state index contributed by atoms with van der Waals surface area (Å²) in [5.41, 5.74) is 1.76. The summed E-state index contributed by atoms with van der Waals surface area (Å²) in [5, 5.41) is 2.97. The lowest BCUT2D eigenvalue weighted by atomic mass is 9.74. The van der Waals surface area contributed by atoms with Gasteiger partial charge in [0.05, 0.1) is 17.3 Å². The highest BCUT2D eigenvalue weighted by molar-refractivity contribution is 6.06. The van der Waals surface area contributed by atoms with Crippen molar-refractivity contribution in [2.45, 2.75) is 25.2 Å². The number of amides is 1. The summed E-state index contributed by atoms with van der Waals surface area (Å²) >= 11 is 0. The quantitative estimate of drug-likeness (QED) is 0.794. The molecule has 4 heteroatoms. The van der Waals surface area contributed by atoms with E-state index in [1.54, 1.807) is 12.4 Å². The standard InChI is InChI=1S/C13H17N3O/c1-2-16-7-4-13(5-8-16)10-3-6-14-9-11(10)15-12(13)17/h3,6,9H,2,4-5,7-8H2,1H3,(H,15,17). The second-order valence-electron chi connectivity index (χ2n) is 4.89. The second kappa shape index (κ2) is 3.81. The number of hydrogen-bond acceptors (Lipinski definition) is 3. The van der Waals surface area contributed by atoms with Crippen LogP contribution in [0.3, 0.4) is 0 Å². The molecule has 0 saturated carbocycles. The Bertz CT molecular complexity index is 450. The maximum absolute atomic E-state index is 12.2. The predicted molar refractivity (Wildman–Crippen MR) is 65.9 cm³/mol. The van der Waals surface area contributed by atoms with Crippen molar-refractivity contribution in [2.24, 2.45) is 0 Å². The van der Waals surface area contributed by atoms with Crippen LogP contribution >= 0.6 is 0 Å². The maximum Gasteiger partial charge on any atom is 0.235 e. The lowest BCUT2D eigenvalue weighted by Gasteiger charge is -2.37. The van der Waals surface area contributed by atoms with Gasteiger partial charge >= 0.3 is 0 Å². The number of carbonyl (C=O) groups excluding carboxylic acids is 1. The second-order valence-corrected chi connectivity index (χ2v) is 4.89. The monoisotopic (exact) mass is 231 g/mol. The van der Waals surface area contributed by atoms with Crippen LogP contribution in [0.4, 0.5) is 5.69 Å². The molecule has 1 spiro atoms. The van der Waals surface area contributed by atoms with Gasteiger partial charge < -0.3 is 10.2 Å². The van der Waals surface area contributed by atoms with Gasteiger partial charge in [-0.2, -0.15) is 0 Å². The van der Waals surface area contributed by atoms with Crippen LogP contribution in [0.15, 0.2) is 18.5 Å². The molecule has 4 nitrogen and oxygen atoms in total. The van der Waals surface area contributed by atoms with Crippen molar-refractivity contribution >= 4 is 11.6 Å². The van der Waals surface area contributed by atoms with Gasteiger partial charge in [-0.3, -0.25) is 9.78 Å². The summed E-state index contributed by atoms with van der Waals surface area (Å²) < 4.78 is 0. The Morgan fingerprint density at radius 3 is 2.94 bits per heavy atom. The Labute approximate surface area is 101 Å². The van der Waals surface area contributed by atoms with E-state index in [1.165, 1.54) is 0 Å². The molecule has 0 atom stereocenters. The number of carbonyl (C=O) groups is 1. The molecule has 0 radical (unpaired) electrons. The molecule has 3 rings (SSSR count). The summed E-state index contributed by atoms with van der Waals surface area (Å²) in [6.07, 6.45) is 5.38. The molecule has 1 saturated heterocycles. The smallest absolute Gasteiger partial charge is 0.235 e. The van der Waals surface area contributed by atoms with Gasteiger partial charge in [0.15, 0.2) is 0 Å². The number of piperidine rings is 1. The fraction of sp³-hybridized carbons (Fsp3) is 0.538. The minimum atomic E-state index is -0.288. The van der Waals surface area contributed by atoms with Gasteiger partial charge in [-0.15, -0.1) is 0 Å². The van der Waals surface area contributed by atoms with Crippen LogP contribution in [0.5, 0.6) is 0 Å². The average Bonchev–Trinajstić information content (AvgIpc) is 2.64. The topological polar surface area (TPSA) is 45.2 Å². The number of likely N-dealkylation sites (tertiary alicyclic amines) is 1. The van der Waals surface area contributed by atoms with Crippen LogP contribution in [-0.4, -0.2) is 35.4 Å². The Balaban J connectivity index is 1.95. The zero-order chi connectivity index (χ0) is 11.9. The van der Waals surface area contributed by atoms with E-state index in [0.29, 0.717) is 0 Å². The van der Waals surface area contributed by atoms with E-state index in [1.807, 2.05) is 6.07 Å². The molecule has 0 aliphatic carbocycles. The van der Waals surface area contributed by atoms with Crippen LogP contribution in [0.1, 0.15) is 25.3 Å². The molecule has 0 unspecified atom stereocenters. The zero-order valence-corrected chi connectivity index (χ0v) is 10.1. The third kappa shape index (κ3) is 1.47. The first-order valence-corrected chi connectivity index (χ1v) is 6.24. The first-order valence-electron chi connectivity index (χ1n) is 6.24. The Kier molecular flexibility index (Phi) is 2.40. The molecule has 0 bridgehead atoms. The number of anilines is 1. The van der Waals surface area contributed by atoms with Crippen molar-refractivity contribution in [3.05, 3.63) is 24.0 Å². The fourth-order valence-corrected chi connectivity index (χ4v) is 3.02. The summed E-state index contributed by atoms with van der Waals surface area (Å²) in [6.45, 7) is 5.25. The summed E-state index contributed by atoms with van der Waals surface area (Å²) in [6, 6.07) is 1.99. The van der Waals surface area contributed by atoms with Crippen molar-refractivity contribution in [3.8, 4) is 0 Å². The van der Waals surface area contributed by atoms with Gasteiger partial charge in [0, 0.05) is 6.20 Å². The molecule has 3 heterocycles. The van der Waals surface area contributed by atoms with Gasteiger partial charge in [-0.1, -0.05) is 6.92 Å². The number of aromatic nitrogens is 1. The van der Waals surface area contributed by atoms with Crippen molar-refractivity contribution in [1.82, 2.24) is 9.88 Å². The molecular weight excluding hydrogens is 214 g/mol. The summed E-state index contributed by atoms with van der Waals surface area (Å²) in [7, 11) is 0. The van der Waals surface area contributed by atoms with Gasteiger partial charge in [0.25, 0.3) is 0 Å². The van der Waals surface area contributed by atoms with E-state index in [-0.39, 0.29) is 11.3 Å². The third-order valence-electron chi connectivity index (χ3n) is 4.18. The predicted octanol–water partition coefficient (Wildman–Crippen LogP) is 1.39.